The molecule has 0 saturated carbocycles. The van der Waals surface area contributed by atoms with Gasteiger partial charge in [0, 0.05) is 13.0 Å². The summed E-state index contributed by atoms with van der Waals surface area (Å²) in [5, 5.41) is 0. The molecular formula is C21H27NO3. The molecule has 0 N–H and O–H groups in total. The van der Waals surface area contributed by atoms with Crippen molar-refractivity contribution in [3.63, 3.8) is 0 Å². The zero-order valence-electron chi connectivity index (χ0n) is 15.5. The third-order valence-electron chi connectivity index (χ3n) is 4.49. The largest absolute Gasteiger partial charge is 0.497 e. The lowest BCUT2D eigenvalue weighted by molar-refractivity contribution is -0.133. The van der Waals surface area contributed by atoms with Gasteiger partial charge in [0.2, 0.25) is 5.91 Å². The number of methoxy groups -OCH3 is 2. The molecule has 134 valence electrons. The number of rotatable bonds is 8. The van der Waals surface area contributed by atoms with Gasteiger partial charge in [0.05, 0.1) is 20.3 Å². The predicted octanol–water partition coefficient (Wildman–Crippen LogP) is 4.25. The number of hydrogen-bond donors (Lipinski definition) is 0. The lowest BCUT2D eigenvalue weighted by Crippen LogP contribution is -2.33. The van der Waals surface area contributed by atoms with E-state index in [1.54, 1.807) is 14.2 Å². The minimum atomic E-state index is 0.0171. The molecule has 4 heteroatoms. The van der Waals surface area contributed by atoms with Crippen molar-refractivity contribution in [3.8, 4) is 11.5 Å². The molecule has 0 aromatic heterocycles. The summed E-state index contributed by atoms with van der Waals surface area (Å²) in [6.45, 7) is 4.76. The summed E-state index contributed by atoms with van der Waals surface area (Å²) in [4.78, 5) is 14.6. The molecule has 0 aliphatic rings. The lowest BCUT2D eigenvalue weighted by Gasteiger charge is -2.29. The first-order valence-corrected chi connectivity index (χ1v) is 8.65. The monoisotopic (exact) mass is 341 g/mol. The molecule has 0 fully saturated rings. The average Bonchev–Trinajstić information content (AvgIpc) is 2.67. The molecule has 1 amide bonds. The molecular weight excluding hydrogens is 314 g/mol. The SMILES string of the molecule is CCN(C(=O)CCc1ccc(OC)cc1)C(C)c1cccc(OC)c1. The van der Waals surface area contributed by atoms with Gasteiger partial charge in [0.15, 0.2) is 0 Å². The van der Waals surface area contributed by atoms with E-state index in [-0.39, 0.29) is 11.9 Å². The summed E-state index contributed by atoms with van der Waals surface area (Å²) in [6, 6.07) is 15.8. The van der Waals surface area contributed by atoms with Crippen LogP contribution in [0.5, 0.6) is 11.5 Å². The molecule has 4 nitrogen and oxygen atoms in total. The van der Waals surface area contributed by atoms with E-state index in [9.17, 15) is 4.79 Å². The molecule has 0 spiro atoms. The molecule has 0 aliphatic heterocycles. The fourth-order valence-electron chi connectivity index (χ4n) is 2.93. The fraction of sp³-hybridized carbons (Fsp3) is 0.381. The number of aryl methyl sites for hydroxylation is 1. The van der Waals surface area contributed by atoms with E-state index in [2.05, 4.69) is 6.92 Å². The molecule has 25 heavy (non-hydrogen) atoms. The van der Waals surface area contributed by atoms with Crippen molar-refractivity contribution in [2.75, 3.05) is 20.8 Å². The van der Waals surface area contributed by atoms with Crippen molar-refractivity contribution in [2.45, 2.75) is 32.7 Å². The third kappa shape index (κ3) is 4.99. The number of hydrogen-bond acceptors (Lipinski definition) is 3. The van der Waals surface area contributed by atoms with Crippen LogP contribution in [0, 0.1) is 0 Å². The van der Waals surface area contributed by atoms with Crippen molar-refractivity contribution in [3.05, 3.63) is 59.7 Å². The third-order valence-corrected chi connectivity index (χ3v) is 4.49. The van der Waals surface area contributed by atoms with E-state index in [1.807, 2.05) is 60.4 Å². The maximum Gasteiger partial charge on any atom is 0.223 e. The van der Waals surface area contributed by atoms with Crippen LogP contribution in [0.3, 0.4) is 0 Å². The summed E-state index contributed by atoms with van der Waals surface area (Å²) in [5.74, 6) is 1.80. The molecule has 2 aromatic rings. The molecule has 0 radical (unpaired) electrons. The molecule has 0 bridgehead atoms. The summed E-state index contributed by atoms with van der Waals surface area (Å²) in [6.07, 6.45) is 1.22. The summed E-state index contributed by atoms with van der Waals surface area (Å²) < 4.78 is 10.5. The van der Waals surface area contributed by atoms with Gasteiger partial charge in [-0.3, -0.25) is 4.79 Å². The Labute approximate surface area is 150 Å². The van der Waals surface area contributed by atoms with E-state index in [0.29, 0.717) is 13.0 Å². The second-order valence-corrected chi connectivity index (χ2v) is 5.98. The van der Waals surface area contributed by atoms with Crippen LogP contribution in [0.4, 0.5) is 0 Å². The Morgan fingerprint density at radius 3 is 2.32 bits per heavy atom. The number of benzene rings is 2. The van der Waals surface area contributed by atoms with E-state index in [0.717, 1.165) is 29.0 Å². The minimum absolute atomic E-state index is 0.0171. The molecule has 0 heterocycles. The Balaban J connectivity index is 2.01. The standard InChI is InChI=1S/C21H27NO3/c1-5-22(16(2)18-7-6-8-20(15-18)25-4)21(23)14-11-17-9-12-19(24-3)13-10-17/h6-10,12-13,15-16H,5,11,14H2,1-4H3. The molecule has 2 aromatic carbocycles. The maximum atomic E-state index is 12.7. The maximum absolute atomic E-state index is 12.7. The van der Waals surface area contributed by atoms with Crippen LogP contribution < -0.4 is 9.47 Å². The molecule has 0 aliphatic carbocycles. The molecule has 1 atom stereocenters. The van der Waals surface area contributed by atoms with Crippen LogP contribution in [0.1, 0.15) is 37.4 Å². The second kappa shape index (κ2) is 9.11. The Morgan fingerprint density at radius 2 is 1.72 bits per heavy atom. The Morgan fingerprint density at radius 1 is 1.04 bits per heavy atom. The highest BCUT2D eigenvalue weighted by atomic mass is 16.5. The minimum Gasteiger partial charge on any atom is -0.497 e. The zero-order valence-corrected chi connectivity index (χ0v) is 15.5. The zero-order chi connectivity index (χ0) is 18.2. The smallest absolute Gasteiger partial charge is 0.223 e. The highest BCUT2D eigenvalue weighted by Crippen LogP contribution is 2.24. The van der Waals surface area contributed by atoms with Crippen LogP contribution in [0.2, 0.25) is 0 Å². The lowest BCUT2D eigenvalue weighted by atomic mass is 10.0. The number of ether oxygens (including phenoxy) is 2. The number of carbonyl (C=O) groups excluding carboxylic acids is 1. The molecule has 2 rings (SSSR count). The number of carbonyl (C=O) groups is 1. The van der Waals surface area contributed by atoms with Crippen LogP contribution in [0.15, 0.2) is 48.5 Å². The van der Waals surface area contributed by atoms with E-state index < -0.39 is 0 Å². The van der Waals surface area contributed by atoms with E-state index >= 15 is 0 Å². The van der Waals surface area contributed by atoms with E-state index in [1.165, 1.54) is 0 Å². The van der Waals surface area contributed by atoms with Crippen LogP contribution in [-0.2, 0) is 11.2 Å². The van der Waals surface area contributed by atoms with Crippen LogP contribution >= 0.6 is 0 Å². The predicted molar refractivity (Wildman–Crippen MR) is 100 cm³/mol. The molecule has 1 unspecified atom stereocenters. The van der Waals surface area contributed by atoms with Crippen molar-refractivity contribution in [1.82, 2.24) is 4.90 Å². The van der Waals surface area contributed by atoms with E-state index in [4.69, 9.17) is 9.47 Å². The first kappa shape index (κ1) is 18.8. The Kier molecular flexibility index (Phi) is 6.87. The van der Waals surface area contributed by atoms with Crippen LogP contribution in [0.25, 0.3) is 0 Å². The van der Waals surface area contributed by atoms with Crippen molar-refractivity contribution in [2.24, 2.45) is 0 Å². The number of nitrogens with zero attached hydrogens (tertiary/aromatic N) is 1. The first-order chi connectivity index (χ1) is 12.1. The molecule has 0 saturated heterocycles. The first-order valence-electron chi connectivity index (χ1n) is 8.65. The normalized spacial score (nSPS) is 11.7. The quantitative estimate of drug-likeness (QED) is 0.721. The van der Waals surface area contributed by atoms with Gasteiger partial charge in [-0.2, -0.15) is 0 Å². The number of amides is 1. The second-order valence-electron chi connectivity index (χ2n) is 5.98. The van der Waals surface area contributed by atoms with Crippen molar-refractivity contribution < 1.29 is 14.3 Å². The fourth-order valence-corrected chi connectivity index (χ4v) is 2.93. The highest BCUT2D eigenvalue weighted by Gasteiger charge is 2.20. The van der Waals surface area contributed by atoms with Gasteiger partial charge in [-0.1, -0.05) is 24.3 Å². The van der Waals surface area contributed by atoms with Gasteiger partial charge >= 0.3 is 0 Å². The van der Waals surface area contributed by atoms with Gasteiger partial charge in [-0.05, 0) is 55.7 Å². The topological polar surface area (TPSA) is 38.8 Å². The summed E-state index contributed by atoms with van der Waals surface area (Å²) >= 11 is 0. The highest BCUT2D eigenvalue weighted by molar-refractivity contribution is 5.77. The Hall–Kier alpha value is -2.49. The van der Waals surface area contributed by atoms with Gasteiger partial charge in [-0.25, -0.2) is 0 Å². The van der Waals surface area contributed by atoms with Crippen LogP contribution in [-0.4, -0.2) is 31.6 Å². The van der Waals surface area contributed by atoms with Gasteiger partial charge in [-0.15, -0.1) is 0 Å². The summed E-state index contributed by atoms with van der Waals surface area (Å²) in [5.41, 5.74) is 2.22. The van der Waals surface area contributed by atoms with Crippen molar-refractivity contribution in [1.29, 1.82) is 0 Å². The van der Waals surface area contributed by atoms with Gasteiger partial charge in [0.1, 0.15) is 11.5 Å². The van der Waals surface area contributed by atoms with Gasteiger partial charge < -0.3 is 14.4 Å². The van der Waals surface area contributed by atoms with Gasteiger partial charge in [0.25, 0.3) is 0 Å². The summed E-state index contributed by atoms with van der Waals surface area (Å²) in [7, 11) is 3.30. The van der Waals surface area contributed by atoms with Crippen molar-refractivity contribution >= 4 is 5.91 Å². The Bertz CT molecular complexity index is 682. The average molecular weight is 341 g/mol.